The zero-order valence-electron chi connectivity index (χ0n) is 12.5. The Kier molecular flexibility index (Phi) is 3.09. The van der Waals surface area contributed by atoms with Crippen LogP contribution >= 0.6 is 22.7 Å². The summed E-state index contributed by atoms with van der Waals surface area (Å²) in [4.78, 5) is 9.15. The molecule has 108 valence electrons. The molecule has 3 nitrogen and oxygen atoms in total. The number of hydrogen-bond donors (Lipinski definition) is 0. The van der Waals surface area contributed by atoms with E-state index in [1.807, 2.05) is 48.5 Å². The first-order valence-corrected chi connectivity index (χ1v) is 8.35. The summed E-state index contributed by atoms with van der Waals surface area (Å²) >= 11 is 2.89. The van der Waals surface area contributed by atoms with Crippen LogP contribution in [0.1, 0.15) is 17.5 Å². The van der Waals surface area contributed by atoms with Crippen LogP contribution in [-0.4, -0.2) is 9.97 Å². The number of hydrogen-bond acceptors (Lipinski definition) is 5. The summed E-state index contributed by atoms with van der Waals surface area (Å²) in [6.45, 7) is 3.62. The first-order valence-electron chi connectivity index (χ1n) is 7.21. The van der Waals surface area contributed by atoms with Gasteiger partial charge < -0.3 is 4.74 Å². The van der Waals surface area contributed by atoms with Gasteiger partial charge in [0, 0.05) is 0 Å². The highest BCUT2D eigenvalue weighted by atomic mass is 32.1. The van der Waals surface area contributed by atoms with Gasteiger partial charge in [0.05, 0.1) is 28.1 Å². The Labute approximate surface area is 136 Å². The molecule has 4 rings (SSSR count). The van der Waals surface area contributed by atoms with Crippen molar-refractivity contribution in [2.45, 2.75) is 6.08 Å². The molecular weight excluding hydrogens is 312 g/mol. The number of nitrogens with zero attached hydrogens (tertiary/aromatic N) is 2. The van der Waals surface area contributed by atoms with E-state index in [1.54, 1.807) is 0 Å². The third-order valence-electron chi connectivity index (χ3n) is 3.18. The molecule has 4 aromatic rings. The average molecular weight is 325 g/mol. The van der Waals surface area contributed by atoms with Gasteiger partial charge in [-0.2, -0.15) is 0 Å². The van der Waals surface area contributed by atoms with Crippen molar-refractivity contribution in [3.05, 3.63) is 71.4 Å². The highest BCUT2D eigenvalue weighted by molar-refractivity contribution is 7.20. The molecule has 0 bridgehead atoms. The van der Waals surface area contributed by atoms with Gasteiger partial charge in [-0.1, -0.05) is 30.8 Å². The largest absolute Gasteiger partial charge is 0.484 e. The van der Waals surface area contributed by atoms with Gasteiger partial charge in [-0.05, 0) is 24.3 Å². The Morgan fingerprint density at radius 2 is 1.45 bits per heavy atom. The van der Waals surface area contributed by atoms with Gasteiger partial charge in [0.2, 0.25) is 6.08 Å². The van der Waals surface area contributed by atoms with Crippen molar-refractivity contribution in [3.8, 4) is 0 Å². The Balaban J connectivity index is 1.91. The van der Waals surface area contributed by atoms with E-state index in [4.69, 9.17) is 6.11 Å². The van der Waals surface area contributed by atoms with Gasteiger partial charge >= 0.3 is 0 Å². The maximum atomic E-state index is 8.87. The van der Waals surface area contributed by atoms with Gasteiger partial charge in [-0.15, -0.1) is 22.7 Å². The fraction of sp³-hybridized carbons (Fsp3) is 0.0588. The van der Waals surface area contributed by atoms with E-state index in [9.17, 15) is 0 Å². The molecule has 5 heteroatoms. The average Bonchev–Trinajstić information content (AvgIpc) is 3.19. The molecule has 0 radical (unpaired) electrons. The minimum atomic E-state index is -1.48. The highest BCUT2D eigenvalue weighted by Crippen LogP contribution is 2.36. The Morgan fingerprint density at radius 1 is 0.955 bits per heavy atom. The second kappa shape index (κ2) is 5.51. The minimum Gasteiger partial charge on any atom is -0.484 e. The van der Waals surface area contributed by atoms with Gasteiger partial charge in [-0.3, -0.25) is 0 Å². The first kappa shape index (κ1) is 12.3. The molecule has 0 fully saturated rings. The molecule has 0 aliphatic rings. The number of thiazole rings is 2. The lowest BCUT2D eigenvalue weighted by Gasteiger charge is -2.10. The van der Waals surface area contributed by atoms with Crippen molar-refractivity contribution in [1.82, 2.24) is 9.97 Å². The lowest BCUT2D eigenvalue weighted by molar-refractivity contribution is 0.183. The maximum absolute atomic E-state index is 8.87. The molecule has 0 saturated heterocycles. The van der Waals surface area contributed by atoms with Gasteiger partial charge in [0.1, 0.15) is 10.0 Å². The second-order valence-electron chi connectivity index (χ2n) is 4.59. The first-order chi connectivity index (χ1) is 11.2. The standard InChI is InChI=1S/C17H12N2OS2/c1-2-20-15(16-18-11-7-3-5-9-13(11)21-16)17-19-12-8-4-6-10-14(12)22-17/h2-10,15H,1H2/i15D. The summed E-state index contributed by atoms with van der Waals surface area (Å²) in [6, 6.07) is 15.6. The number of para-hydroxylation sites is 2. The van der Waals surface area contributed by atoms with Gasteiger partial charge in [-0.25, -0.2) is 9.97 Å². The molecule has 0 atom stereocenters. The molecule has 2 aromatic heterocycles. The fourth-order valence-corrected chi connectivity index (χ4v) is 4.19. The van der Waals surface area contributed by atoms with Crippen molar-refractivity contribution >= 4 is 43.1 Å². The van der Waals surface area contributed by atoms with E-state index >= 15 is 0 Å². The minimum absolute atomic E-state index is 0.553. The number of rotatable bonds is 4. The molecule has 0 aliphatic carbocycles. The summed E-state index contributed by atoms with van der Waals surface area (Å²) in [5, 5.41) is 1.11. The number of benzene rings is 2. The number of ether oxygens (including phenoxy) is 1. The lowest BCUT2D eigenvalue weighted by atomic mass is 10.3. The smallest absolute Gasteiger partial charge is 0.200 e. The lowest BCUT2D eigenvalue weighted by Crippen LogP contribution is -2.01. The Morgan fingerprint density at radius 3 is 1.91 bits per heavy atom. The van der Waals surface area contributed by atoms with Crippen molar-refractivity contribution in [1.29, 1.82) is 0 Å². The van der Waals surface area contributed by atoms with E-state index in [0.29, 0.717) is 10.0 Å². The molecular formula is C17H12N2OS2. The molecule has 0 unspecified atom stereocenters. The zero-order valence-corrected chi connectivity index (χ0v) is 13.2. The van der Waals surface area contributed by atoms with E-state index in [-0.39, 0.29) is 0 Å². The van der Waals surface area contributed by atoms with Crippen molar-refractivity contribution in [3.63, 3.8) is 0 Å². The predicted molar refractivity (Wildman–Crippen MR) is 92.4 cm³/mol. The summed E-state index contributed by atoms with van der Waals surface area (Å²) in [7, 11) is 0. The summed E-state index contributed by atoms with van der Waals surface area (Å²) in [5.41, 5.74) is 1.72. The highest BCUT2D eigenvalue weighted by Gasteiger charge is 2.23. The third kappa shape index (κ3) is 2.28. The number of fused-ring (bicyclic) bond motifs is 2. The van der Waals surface area contributed by atoms with Crippen LogP contribution in [0.3, 0.4) is 0 Å². The second-order valence-corrected chi connectivity index (χ2v) is 6.65. The van der Waals surface area contributed by atoms with Crippen LogP contribution in [-0.2, 0) is 4.74 Å². The topological polar surface area (TPSA) is 35.0 Å². The Hall–Kier alpha value is -2.24. The van der Waals surface area contributed by atoms with Gasteiger partial charge in [0.15, 0.2) is 0 Å². The monoisotopic (exact) mass is 325 g/mol. The molecule has 0 saturated carbocycles. The SMILES string of the molecule is [2H]C(OC=C)(c1nc2ccccc2s1)c1nc2ccccc2s1. The van der Waals surface area contributed by atoms with Crippen molar-refractivity contribution in [2.24, 2.45) is 0 Å². The quantitative estimate of drug-likeness (QED) is 0.486. The summed E-state index contributed by atoms with van der Waals surface area (Å²) in [6.07, 6.45) is -0.194. The van der Waals surface area contributed by atoms with E-state index < -0.39 is 6.08 Å². The Bertz CT molecular complexity index is 868. The van der Waals surface area contributed by atoms with Crippen LogP contribution in [0.5, 0.6) is 0 Å². The molecule has 0 amide bonds. The molecule has 0 N–H and O–H groups in total. The van der Waals surface area contributed by atoms with Crippen LogP contribution in [0, 0.1) is 0 Å². The summed E-state index contributed by atoms with van der Waals surface area (Å²) < 4.78 is 16.5. The fourth-order valence-electron chi connectivity index (χ4n) is 2.21. The van der Waals surface area contributed by atoms with Crippen LogP contribution < -0.4 is 0 Å². The normalized spacial score (nSPS) is 12.5. The molecule has 0 spiro atoms. The molecule has 2 heterocycles. The van der Waals surface area contributed by atoms with Gasteiger partial charge in [0.25, 0.3) is 0 Å². The van der Waals surface area contributed by atoms with E-state index in [2.05, 4.69) is 16.5 Å². The predicted octanol–water partition coefficient (Wildman–Crippen LogP) is 5.16. The van der Waals surface area contributed by atoms with Crippen LogP contribution in [0.4, 0.5) is 0 Å². The maximum Gasteiger partial charge on any atom is 0.200 e. The van der Waals surface area contributed by atoms with Crippen molar-refractivity contribution in [2.75, 3.05) is 0 Å². The van der Waals surface area contributed by atoms with Crippen LogP contribution in [0.15, 0.2) is 61.4 Å². The summed E-state index contributed by atoms with van der Waals surface area (Å²) in [5.74, 6) is 0. The zero-order chi connectivity index (χ0) is 15.9. The third-order valence-corrected chi connectivity index (χ3v) is 5.25. The van der Waals surface area contributed by atoms with E-state index in [0.717, 1.165) is 20.4 Å². The van der Waals surface area contributed by atoms with Crippen LogP contribution in [0.2, 0.25) is 0 Å². The van der Waals surface area contributed by atoms with Crippen LogP contribution in [0.25, 0.3) is 20.4 Å². The van der Waals surface area contributed by atoms with E-state index in [1.165, 1.54) is 28.9 Å². The molecule has 2 aromatic carbocycles. The number of aromatic nitrogens is 2. The molecule has 22 heavy (non-hydrogen) atoms. The van der Waals surface area contributed by atoms with Crippen molar-refractivity contribution < 1.29 is 6.11 Å². The molecule has 0 aliphatic heterocycles.